The molecule has 0 radical (unpaired) electrons. The Morgan fingerprint density at radius 2 is 1.43 bits per heavy atom. The van der Waals surface area contributed by atoms with Gasteiger partial charge in [0.05, 0.1) is 0 Å². The molecule has 0 bridgehead atoms. The second kappa shape index (κ2) is 29.3. The van der Waals surface area contributed by atoms with Crippen LogP contribution in [0.2, 0.25) is 0 Å². The summed E-state index contributed by atoms with van der Waals surface area (Å²) in [6.45, 7) is 3.61. The van der Waals surface area contributed by atoms with Crippen LogP contribution in [0.5, 0.6) is 0 Å². The summed E-state index contributed by atoms with van der Waals surface area (Å²) in [7, 11) is 3.00. The fourth-order valence-electron chi connectivity index (χ4n) is 0.398. The van der Waals surface area contributed by atoms with E-state index in [-0.39, 0.29) is 21.7 Å². The first kappa shape index (κ1) is 23.4. The number of hydrogen-bond donors (Lipinski definition) is 3. The third-order valence-electron chi connectivity index (χ3n) is 0.726. The first-order chi connectivity index (χ1) is 6.39. The van der Waals surface area contributed by atoms with E-state index in [4.69, 9.17) is 15.3 Å². The molecule has 0 amide bonds. The van der Waals surface area contributed by atoms with Gasteiger partial charge in [-0.15, -0.1) is 11.8 Å². The van der Waals surface area contributed by atoms with E-state index in [9.17, 15) is 0 Å². The molecule has 0 aliphatic carbocycles. The summed E-state index contributed by atoms with van der Waals surface area (Å²) in [5.74, 6) is 0. The van der Waals surface area contributed by atoms with Gasteiger partial charge < -0.3 is 15.3 Å². The summed E-state index contributed by atoms with van der Waals surface area (Å²) in [5, 5.41) is 21.0. The maximum Gasteiger partial charge on any atom is 0.0319 e. The van der Waals surface area contributed by atoms with E-state index in [1.54, 1.807) is 6.20 Å². The Bertz CT molecular complexity index is 150. The molecule has 0 aliphatic heterocycles. The van der Waals surface area contributed by atoms with Crippen LogP contribution in [0.3, 0.4) is 0 Å². The Balaban J connectivity index is -0.0000000625. The van der Waals surface area contributed by atoms with Crippen molar-refractivity contribution in [3.8, 4) is 0 Å². The molecule has 0 atom stereocenters. The van der Waals surface area contributed by atoms with Gasteiger partial charge in [-0.25, -0.2) is 6.92 Å². The molecule has 3 N–H and O–H groups in total. The average molecular weight is 236 g/mol. The molecule has 0 aromatic carbocycles. The molecule has 1 heterocycles. The van der Waals surface area contributed by atoms with Crippen LogP contribution < -0.4 is 0 Å². The largest absolute Gasteiger partial charge is 0.400 e. The molecule has 0 saturated heterocycles. The minimum Gasteiger partial charge on any atom is -0.400 e. The maximum absolute atomic E-state index is 7.00. The minimum atomic E-state index is 0. The molecule has 0 saturated carbocycles. The van der Waals surface area contributed by atoms with Gasteiger partial charge in [0, 0.05) is 49.2 Å². The summed E-state index contributed by atoms with van der Waals surface area (Å²) >= 11 is 0. The van der Waals surface area contributed by atoms with Crippen LogP contribution in [0.4, 0.5) is 0 Å². The fraction of sp³-hybridized carbons (Fsp3) is 0.333. The second-order valence-electron chi connectivity index (χ2n) is 1.32. The van der Waals surface area contributed by atoms with Crippen molar-refractivity contribution in [3.63, 3.8) is 0 Å². The Labute approximate surface area is 101 Å². The summed E-state index contributed by atoms with van der Waals surface area (Å²) in [5.41, 5.74) is 0.822. The van der Waals surface area contributed by atoms with Crippen LogP contribution in [-0.2, 0) is 21.7 Å². The molecule has 14 heavy (non-hydrogen) atoms. The number of aromatic nitrogens is 1. The molecule has 0 aliphatic rings. The van der Waals surface area contributed by atoms with Gasteiger partial charge in [-0.2, -0.15) is 6.07 Å². The first-order valence-corrected chi connectivity index (χ1v) is 3.47. The van der Waals surface area contributed by atoms with Crippen LogP contribution in [0.25, 0.3) is 0 Å². The van der Waals surface area contributed by atoms with Gasteiger partial charge in [-0.1, -0.05) is 6.07 Å². The summed E-state index contributed by atoms with van der Waals surface area (Å²) in [4.78, 5) is 3.87. The number of pyridine rings is 1. The predicted molar refractivity (Wildman–Crippen MR) is 53.1 cm³/mol. The zero-order valence-corrected chi connectivity index (χ0v) is 10.4. The van der Waals surface area contributed by atoms with Gasteiger partial charge in [-0.05, 0) is 0 Å². The second-order valence-corrected chi connectivity index (χ2v) is 1.32. The molecule has 0 fully saturated rings. The molecular formula is C9H18NO3Ti-. The minimum absolute atomic E-state index is 0. The third-order valence-corrected chi connectivity index (χ3v) is 0.726. The van der Waals surface area contributed by atoms with Gasteiger partial charge in [0.25, 0.3) is 0 Å². The topological polar surface area (TPSA) is 73.6 Å². The number of aliphatic hydroxyl groups excluding tert-OH is 3. The van der Waals surface area contributed by atoms with Gasteiger partial charge in [0.1, 0.15) is 0 Å². The van der Waals surface area contributed by atoms with E-state index in [0.717, 1.165) is 27.0 Å². The standard InChI is InChI=1S/C6H6N.3CH4O.Ti/c1-6-4-2-3-5-7-6;3*1-2;/h2-5H,1H2;3*2H,1H3;/q-1;;;;. The van der Waals surface area contributed by atoms with Crippen molar-refractivity contribution in [1.29, 1.82) is 0 Å². The molecular weight excluding hydrogens is 218 g/mol. The zero-order valence-electron chi connectivity index (χ0n) is 8.81. The first-order valence-electron chi connectivity index (χ1n) is 3.47. The van der Waals surface area contributed by atoms with Crippen molar-refractivity contribution in [1.82, 2.24) is 4.98 Å². The van der Waals surface area contributed by atoms with E-state index < -0.39 is 0 Å². The normalized spacial score (nSPS) is 5.57. The van der Waals surface area contributed by atoms with Crippen LogP contribution >= 0.6 is 0 Å². The van der Waals surface area contributed by atoms with E-state index in [0.29, 0.717) is 0 Å². The Morgan fingerprint density at radius 1 is 1.00 bits per heavy atom. The smallest absolute Gasteiger partial charge is 0.0319 e. The van der Waals surface area contributed by atoms with Crippen molar-refractivity contribution >= 4 is 0 Å². The Kier molecular flexibility index (Phi) is 49.1. The van der Waals surface area contributed by atoms with Crippen molar-refractivity contribution in [2.45, 2.75) is 0 Å². The van der Waals surface area contributed by atoms with Crippen LogP contribution in [0.1, 0.15) is 5.69 Å². The van der Waals surface area contributed by atoms with E-state index in [1.165, 1.54) is 0 Å². The van der Waals surface area contributed by atoms with Crippen LogP contribution in [0, 0.1) is 6.92 Å². The fourth-order valence-corrected chi connectivity index (χ4v) is 0.398. The number of nitrogens with zero attached hydrogens (tertiary/aromatic N) is 1. The van der Waals surface area contributed by atoms with Crippen molar-refractivity contribution in [2.24, 2.45) is 0 Å². The van der Waals surface area contributed by atoms with Gasteiger partial charge in [0.15, 0.2) is 0 Å². The SMILES string of the molecule is CO.CO.CO.[CH2-]c1ccccn1.[Ti]. The van der Waals surface area contributed by atoms with Gasteiger partial charge in [0.2, 0.25) is 0 Å². The zero-order chi connectivity index (χ0) is 11.1. The third kappa shape index (κ3) is 22.6. The average Bonchev–Trinajstić information content (AvgIpc) is 2.28. The number of aliphatic hydroxyl groups is 3. The molecule has 1 aromatic rings. The van der Waals surface area contributed by atoms with E-state index in [2.05, 4.69) is 11.9 Å². The van der Waals surface area contributed by atoms with Gasteiger partial charge in [-0.3, -0.25) is 4.98 Å². The van der Waals surface area contributed by atoms with E-state index in [1.807, 2.05) is 18.2 Å². The molecule has 82 valence electrons. The number of hydrogen-bond acceptors (Lipinski definition) is 4. The summed E-state index contributed by atoms with van der Waals surface area (Å²) < 4.78 is 0. The van der Waals surface area contributed by atoms with Crippen LogP contribution in [-0.4, -0.2) is 41.6 Å². The quantitative estimate of drug-likeness (QED) is 0.440. The molecule has 1 rings (SSSR count). The molecule has 5 heteroatoms. The molecule has 1 aromatic heterocycles. The van der Waals surface area contributed by atoms with Crippen LogP contribution in [0.15, 0.2) is 24.4 Å². The van der Waals surface area contributed by atoms with Crippen molar-refractivity contribution < 1.29 is 37.0 Å². The molecule has 0 spiro atoms. The maximum atomic E-state index is 7.00. The Morgan fingerprint density at radius 3 is 1.57 bits per heavy atom. The monoisotopic (exact) mass is 236 g/mol. The number of rotatable bonds is 0. The van der Waals surface area contributed by atoms with Gasteiger partial charge >= 0.3 is 0 Å². The molecule has 4 nitrogen and oxygen atoms in total. The summed E-state index contributed by atoms with van der Waals surface area (Å²) in [6.07, 6.45) is 1.72. The Hall–Kier alpha value is -0.386. The van der Waals surface area contributed by atoms with Crippen molar-refractivity contribution in [3.05, 3.63) is 37.0 Å². The van der Waals surface area contributed by atoms with E-state index >= 15 is 0 Å². The van der Waals surface area contributed by atoms with Crippen molar-refractivity contribution in [2.75, 3.05) is 21.3 Å². The molecule has 0 unspecified atom stereocenters. The predicted octanol–water partition coefficient (Wildman–Crippen LogP) is 0.0868. The summed E-state index contributed by atoms with van der Waals surface area (Å²) in [6, 6.07) is 5.64.